The van der Waals surface area contributed by atoms with Gasteiger partial charge in [0.1, 0.15) is 5.82 Å². The molecule has 0 bridgehead atoms. The van der Waals surface area contributed by atoms with Gasteiger partial charge in [-0.3, -0.25) is 4.79 Å². The van der Waals surface area contributed by atoms with Crippen LogP contribution in [0.4, 0.5) is 23.2 Å². The average molecular weight is 314 g/mol. The second-order valence-electron chi connectivity index (χ2n) is 4.22. The van der Waals surface area contributed by atoms with Crippen molar-refractivity contribution < 1.29 is 27.1 Å². The minimum Gasteiger partial charge on any atom is -0.468 e. The quantitative estimate of drug-likeness (QED) is 0.880. The highest BCUT2D eigenvalue weighted by molar-refractivity contribution is 6.04. The van der Waals surface area contributed by atoms with Gasteiger partial charge < -0.3 is 10.1 Å². The highest BCUT2D eigenvalue weighted by Gasteiger charge is 2.28. The molecule has 8 heteroatoms. The van der Waals surface area contributed by atoms with Crippen molar-refractivity contribution in [1.29, 1.82) is 0 Å². The Morgan fingerprint density at radius 3 is 2.50 bits per heavy atom. The van der Waals surface area contributed by atoms with Crippen LogP contribution in [0.3, 0.4) is 0 Å². The van der Waals surface area contributed by atoms with Gasteiger partial charge in [0.2, 0.25) is 5.88 Å². The summed E-state index contributed by atoms with van der Waals surface area (Å²) >= 11 is 0. The molecule has 0 spiro atoms. The molecule has 0 aliphatic rings. The van der Waals surface area contributed by atoms with Gasteiger partial charge in [-0.2, -0.15) is 13.2 Å². The lowest BCUT2D eigenvalue weighted by atomic mass is 10.2. The van der Waals surface area contributed by atoms with E-state index in [0.29, 0.717) is 0 Å². The lowest BCUT2D eigenvalue weighted by Gasteiger charge is -2.09. The lowest BCUT2D eigenvalue weighted by Crippen LogP contribution is -2.19. The van der Waals surface area contributed by atoms with E-state index in [1.807, 2.05) is 0 Å². The number of aromatic nitrogens is 1. The Labute approximate surface area is 122 Å². The molecular formula is C14H10F4N2O2. The summed E-state index contributed by atoms with van der Waals surface area (Å²) in [7, 11) is 0. The summed E-state index contributed by atoms with van der Waals surface area (Å²) in [4.78, 5) is 15.4. The van der Waals surface area contributed by atoms with Crippen molar-refractivity contribution in [2.75, 3.05) is 11.9 Å². The number of rotatable bonds is 4. The summed E-state index contributed by atoms with van der Waals surface area (Å²) in [5, 5.41) is 2.33. The molecule has 0 saturated heterocycles. The summed E-state index contributed by atoms with van der Waals surface area (Å²) in [6.07, 6.45) is -3.43. The lowest BCUT2D eigenvalue weighted by molar-refractivity contribution is -0.154. The van der Waals surface area contributed by atoms with Crippen LogP contribution in [-0.4, -0.2) is 23.7 Å². The van der Waals surface area contributed by atoms with Crippen LogP contribution in [0.1, 0.15) is 10.4 Å². The van der Waals surface area contributed by atoms with E-state index in [-0.39, 0.29) is 17.1 Å². The van der Waals surface area contributed by atoms with E-state index in [1.54, 1.807) is 6.07 Å². The molecule has 1 heterocycles. The molecule has 0 atom stereocenters. The number of amides is 1. The molecule has 0 saturated carbocycles. The number of carbonyl (C=O) groups is 1. The maximum absolute atomic E-state index is 13.4. The first-order valence-corrected chi connectivity index (χ1v) is 6.06. The number of ether oxygens (including phenoxy) is 1. The van der Waals surface area contributed by atoms with Crippen LogP contribution in [-0.2, 0) is 0 Å². The van der Waals surface area contributed by atoms with E-state index < -0.39 is 24.5 Å². The third kappa shape index (κ3) is 4.44. The molecule has 0 radical (unpaired) electrons. The Kier molecular flexibility index (Phi) is 4.59. The Balaban J connectivity index is 2.01. The average Bonchev–Trinajstić information content (AvgIpc) is 2.47. The van der Waals surface area contributed by atoms with Crippen LogP contribution >= 0.6 is 0 Å². The van der Waals surface area contributed by atoms with E-state index in [1.165, 1.54) is 24.3 Å². The molecule has 0 fully saturated rings. The Morgan fingerprint density at radius 2 is 1.91 bits per heavy atom. The second-order valence-corrected chi connectivity index (χ2v) is 4.22. The summed E-state index contributed by atoms with van der Waals surface area (Å²) in [5.74, 6) is -1.51. The molecule has 0 unspecified atom stereocenters. The van der Waals surface area contributed by atoms with Crippen LogP contribution in [0.2, 0.25) is 0 Å². The largest absolute Gasteiger partial charge is 0.468 e. The minimum atomic E-state index is -4.47. The van der Waals surface area contributed by atoms with Crippen LogP contribution in [0.15, 0.2) is 42.6 Å². The third-order valence-corrected chi connectivity index (χ3v) is 2.50. The van der Waals surface area contributed by atoms with Gasteiger partial charge in [-0.05, 0) is 18.2 Å². The number of halogens is 4. The standard InChI is InChI=1S/C14H10F4N2O2/c15-10-3-1-2-4-11(10)20-13(21)9-5-6-12(19-7-9)22-8-14(16,17)18/h1-7H,8H2,(H,20,21). The van der Waals surface area contributed by atoms with Crippen molar-refractivity contribution in [3.8, 4) is 5.88 Å². The van der Waals surface area contributed by atoms with Gasteiger partial charge >= 0.3 is 6.18 Å². The third-order valence-electron chi connectivity index (χ3n) is 2.50. The summed E-state index contributed by atoms with van der Waals surface area (Å²) in [6, 6.07) is 7.94. The predicted molar refractivity (Wildman–Crippen MR) is 70.1 cm³/mol. The summed E-state index contributed by atoms with van der Waals surface area (Å²) < 4.78 is 53.7. The predicted octanol–water partition coefficient (Wildman–Crippen LogP) is 3.41. The second kappa shape index (κ2) is 6.42. The number of carbonyl (C=O) groups excluding carboxylic acids is 1. The molecule has 4 nitrogen and oxygen atoms in total. The number of nitrogens with zero attached hydrogens (tertiary/aromatic N) is 1. The number of para-hydroxylation sites is 1. The van der Waals surface area contributed by atoms with Crippen LogP contribution < -0.4 is 10.1 Å². The number of nitrogens with one attached hydrogen (secondary N) is 1. The fourth-order valence-electron chi connectivity index (χ4n) is 1.51. The Morgan fingerprint density at radius 1 is 1.18 bits per heavy atom. The molecule has 116 valence electrons. The molecule has 22 heavy (non-hydrogen) atoms. The topological polar surface area (TPSA) is 51.2 Å². The fraction of sp³-hybridized carbons (Fsp3) is 0.143. The number of pyridine rings is 1. The van der Waals surface area contributed by atoms with Crippen LogP contribution in [0.25, 0.3) is 0 Å². The maximum Gasteiger partial charge on any atom is 0.422 e. The molecule has 1 N–H and O–H groups in total. The highest BCUT2D eigenvalue weighted by atomic mass is 19.4. The number of benzene rings is 1. The molecule has 1 aromatic heterocycles. The van der Waals surface area contributed by atoms with Crippen molar-refractivity contribution in [1.82, 2.24) is 4.98 Å². The SMILES string of the molecule is O=C(Nc1ccccc1F)c1ccc(OCC(F)(F)F)nc1. The van der Waals surface area contributed by atoms with Gasteiger partial charge in [0.25, 0.3) is 5.91 Å². The first kappa shape index (κ1) is 15.7. The normalized spacial score (nSPS) is 11.1. The van der Waals surface area contributed by atoms with Crippen molar-refractivity contribution >= 4 is 11.6 Å². The van der Waals surface area contributed by atoms with Gasteiger partial charge in [0, 0.05) is 12.3 Å². The number of hydrogen-bond acceptors (Lipinski definition) is 3. The zero-order valence-corrected chi connectivity index (χ0v) is 11.0. The van der Waals surface area contributed by atoms with E-state index in [4.69, 9.17) is 0 Å². The molecular weight excluding hydrogens is 304 g/mol. The zero-order chi connectivity index (χ0) is 16.2. The Hall–Kier alpha value is -2.64. The monoisotopic (exact) mass is 314 g/mol. The number of anilines is 1. The van der Waals surface area contributed by atoms with Gasteiger partial charge in [0.05, 0.1) is 11.3 Å². The van der Waals surface area contributed by atoms with Crippen molar-refractivity contribution in [3.63, 3.8) is 0 Å². The molecule has 2 aromatic rings. The smallest absolute Gasteiger partial charge is 0.422 e. The van der Waals surface area contributed by atoms with Crippen molar-refractivity contribution in [3.05, 3.63) is 54.0 Å². The molecule has 1 aromatic carbocycles. The van der Waals surface area contributed by atoms with E-state index in [9.17, 15) is 22.4 Å². The first-order valence-electron chi connectivity index (χ1n) is 6.06. The minimum absolute atomic E-state index is 0.00935. The number of hydrogen-bond donors (Lipinski definition) is 1. The highest BCUT2D eigenvalue weighted by Crippen LogP contribution is 2.18. The fourth-order valence-corrected chi connectivity index (χ4v) is 1.51. The van der Waals surface area contributed by atoms with Gasteiger partial charge in [-0.15, -0.1) is 0 Å². The van der Waals surface area contributed by atoms with E-state index in [0.717, 1.165) is 12.3 Å². The van der Waals surface area contributed by atoms with Gasteiger partial charge in [0.15, 0.2) is 6.61 Å². The maximum atomic E-state index is 13.4. The number of alkyl halides is 3. The molecule has 0 aliphatic carbocycles. The molecule has 1 amide bonds. The molecule has 2 rings (SSSR count). The van der Waals surface area contributed by atoms with Crippen molar-refractivity contribution in [2.24, 2.45) is 0 Å². The van der Waals surface area contributed by atoms with Gasteiger partial charge in [-0.1, -0.05) is 12.1 Å². The Bertz CT molecular complexity index is 657. The molecule has 0 aliphatic heterocycles. The summed E-state index contributed by atoms with van der Waals surface area (Å²) in [5.41, 5.74) is 0.0486. The first-order chi connectivity index (χ1) is 10.3. The summed E-state index contributed by atoms with van der Waals surface area (Å²) in [6.45, 7) is -1.47. The van der Waals surface area contributed by atoms with Gasteiger partial charge in [-0.25, -0.2) is 9.37 Å². The van der Waals surface area contributed by atoms with Crippen LogP contribution in [0, 0.1) is 5.82 Å². The van der Waals surface area contributed by atoms with Crippen molar-refractivity contribution in [2.45, 2.75) is 6.18 Å². The van der Waals surface area contributed by atoms with Crippen LogP contribution in [0.5, 0.6) is 5.88 Å². The van der Waals surface area contributed by atoms with E-state index >= 15 is 0 Å². The van der Waals surface area contributed by atoms with E-state index in [2.05, 4.69) is 15.0 Å². The zero-order valence-electron chi connectivity index (χ0n) is 11.0.